The lowest BCUT2D eigenvalue weighted by molar-refractivity contribution is 0.0524. The Morgan fingerprint density at radius 2 is 2.17 bits per heavy atom. The number of ether oxygens (including phenoxy) is 1. The van der Waals surface area contributed by atoms with Gasteiger partial charge in [-0.15, -0.1) is 5.10 Å². The van der Waals surface area contributed by atoms with Gasteiger partial charge in [-0.05, 0) is 37.8 Å². The second-order valence-electron chi connectivity index (χ2n) is 6.23. The van der Waals surface area contributed by atoms with E-state index in [1.807, 2.05) is 17.7 Å². The number of pyridine rings is 1. The Balaban J connectivity index is 2.04. The van der Waals surface area contributed by atoms with Crippen molar-refractivity contribution in [2.45, 2.75) is 26.3 Å². The predicted molar refractivity (Wildman–Crippen MR) is 89.0 cm³/mol. The summed E-state index contributed by atoms with van der Waals surface area (Å²) in [6, 6.07) is 3.56. The number of carbonyl (C=O) groups is 1. The number of hydrogen-bond donors (Lipinski definition) is 0. The van der Waals surface area contributed by atoms with Crippen LogP contribution in [-0.2, 0) is 18.3 Å². The lowest BCUT2D eigenvalue weighted by Gasteiger charge is -2.13. The van der Waals surface area contributed by atoms with Crippen molar-refractivity contribution in [3.05, 3.63) is 34.1 Å². The van der Waals surface area contributed by atoms with Crippen LogP contribution >= 0.6 is 0 Å². The molecule has 0 bridgehead atoms. The van der Waals surface area contributed by atoms with Crippen LogP contribution < -0.4 is 5.43 Å². The molecule has 2 aromatic heterocycles. The lowest BCUT2D eigenvalue weighted by Crippen LogP contribution is -2.21. The van der Waals surface area contributed by atoms with E-state index in [9.17, 15) is 9.59 Å². The van der Waals surface area contributed by atoms with Gasteiger partial charge < -0.3 is 9.30 Å². The van der Waals surface area contributed by atoms with Crippen LogP contribution in [-0.4, -0.2) is 32.1 Å². The van der Waals surface area contributed by atoms with Crippen molar-refractivity contribution in [2.24, 2.45) is 13.0 Å². The molecule has 7 nitrogen and oxygen atoms in total. The number of nitrogens with zero attached hydrogens (tertiary/aromatic N) is 4. The van der Waals surface area contributed by atoms with Crippen molar-refractivity contribution in [1.82, 2.24) is 19.6 Å². The van der Waals surface area contributed by atoms with Crippen LogP contribution in [0.1, 0.15) is 30.1 Å². The van der Waals surface area contributed by atoms with Gasteiger partial charge in [0.25, 0.3) is 0 Å². The van der Waals surface area contributed by atoms with Crippen LogP contribution in [0, 0.1) is 5.92 Å². The molecule has 1 fully saturated rings. The molecular weight excluding hydrogens is 308 g/mol. The molecule has 0 amide bonds. The minimum atomic E-state index is -0.576. The SMILES string of the molecule is CCOC(=O)c1cn(CC2CC2)c2c(ccc3c2nnn3C)c1=O. The van der Waals surface area contributed by atoms with Gasteiger partial charge in [0, 0.05) is 25.2 Å². The van der Waals surface area contributed by atoms with Crippen molar-refractivity contribution in [1.29, 1.82) is 0 Å². The molecule has 2 heterocycles. The van der Waals surface area contributed by atoms with Gasteiger partial charge in [0.2, 0.25) is 5.43 Å². The van der Waals surface area contributed by atoms with Crippen molar-refractivity contribution in [3.8, 4) is 0 Å². The fraction of sp³-hybridized carbons (Fsp3) is 0.412. The number of carbonyl (C=O) groups excluding carboxylic acids is 1. The first kappa shape index (κ1) is 14.9. The van der Waals surface area contributed by atoms with Crippen LogP contribution in [0.5, 0.6) is 0 Å². The summed E-state index contributed by atoms with van der Waals surface area (Å²) < 4.78 is 8.69. The molecule has 1 aliphatic carbocycles. The molecule has 124 valence electrons. The molecule has 1 aliphatic rings. The first-order valence-corrected chi connectivity index (χ1v) is 8.12. The number of benzene rings is 1. The van der Waals surface area contributed by atoms with E-state index in [0.717, 1.165) is 17.6 Å². The van der Waals surface area contributed by atoms with E-state index >= 15 is 0 Å². The molecule has 4 rings (SSSR count). The summed E-state index contributed by atoms with van der Waals surface area (Å²) in [4.78, 5) is 24.9. The fourth-order valence-corrected chi connectivity index (χ4v) is 3.06. The Morgan fingerprint density at radius 3 is 2.88 bits per heavy atom. The number of hydrogen-bond acceptors (Lipinski definition) is 5. The van der Waals surface area contributed by atoms with Crippen LogP contribution in [0.15, 0.2) is 23.1 Å². The molecule has 7 heteroatoms. The molecular formula is C17H18N4O3. The van der Waals surface area contributed by atoms with Crippen molar-refractivity contribution in [2.75, 3.05) is 6.61 Å². The van der Waals surface area contributed by atoms with Gasteiger partial charge in [0.05, 0.1) is 17.6 Å². The minimum absolute atomic E-state index is 0.0771. The highest BCUT2D eigenvalue weighted by Crippen LogP contribution is 2.32. The summed E-state index contributed by atoms with van der Waals surface area (Å²) in [5.41, 5.74) is 2.04. The normalized spacial score (nSPS) is 14.4. The first-order chi connectivity index (χ1) is 11.6. The zero-order chi connectivity index (χ0) is 16.8. The maximum atomic E-state index is 12.8. The molecule has 0 spiro atoms. The topological polar surface area (TPSA) is 79.0 Å². The van der Waals surface area contributed by atoms with Gasteiger partial charge in [-0.3, -0.25) is 4.79 Å². The highest BCUT2D eigenvalue weighted by molar-refractivity contribution is 6.04. The third-order valence-electron chi connectivity index (χ3n) is 4.47. The maximum Gasteiger partial charge on any atom is 0.343 e. The monoisotopic (exact) mass is 326 g/mol. The fourth-order valence-electron chi connectivity index (χ4n) is 3.06. The van der Waals surface area contributed by atoms with Gasteiger partial charge in [0.15, 0.2) is 0 Å². The highest BCUT2D eigenvalue weighted by Gasteiger charge is 2.25. The third-order valence-corrected chi connectivity index (χ3v) is 4.47. The van der Waals surface area contributed by atoms with Gasteiger partial charge >= 0.3 is 5.97 Å². The molecule has 1 saturated carbocycles. The van der Waals surface area contributed by atoms with Crippen LogP contribution in [0.2, 0.25) is 0 Å². The lowest BCUT2D eigenvalue weighted by atomic mass is 10.1. The zero-order valence-electron chi connectivity index (χ0n) is 13.7. The standard InChI is InChI=1S/C17H18N4O3/c1-3-24-17(23)12-9-21(8-10-4-5-10)15-11(16(12)22)6-7-13-14(15)18-19-20(13)2/h6-7,9-10H,3-5,8H2,1-2H3. The quantitative estimate of drug-likeness (QED) is 0.684. The largest absolute Gasteiger partial charge is 0.462 e. The molecule has 0 saturated heterocycles. The predicted octanol–water partition coefficient (Wildman–Crippen LogP) is 1.87. The van der Waals surface area contributed by atoms with E-state index in [2.05, 4.69) is 10.3 Å². The van der Waals surface area contributed by atoms with Crippen LogP contribution in [0.25, 0.3) is 21.9 Å². The van der Waals surface area contributed by atoms with E-state index in [0.29, 0.717) is 16.8 Å². The number of fused-ring (bicyclic) bond motifs is 3. The van der Waals surface area contributed by atoms with E-state index in [1.54, 1.807) is 23.9 Å². The Labute approximate surface area is 137 Å². The van der Waals surface area contributed by atoms with Crippen molar-refractivity contribution >= 4 is 27.9 Å². The molecule has 0 N–H and O–H groups in total. The minimum Gasteiger partial charge on any atom is -0.462 e. The Morgan fingerprint density at radius 1 is 1.38 bits per heavy atom. The van der Waals surface area contributed by atoms with E-state index in [4.69, 9.17) is 4.74 Å². The molecule has 3 aromatic rings. The summed E-state index contributed by atoms with van der Waals surface area (Å²) in [5, 5.41) is 8.76. The number of esters is 1. The Hall–Kier alpha value is -2.70. The summed E-state index contributed by atoms with van der Waals surface area (Å²) in [7, 11) is 1.82. The molecule has 0 aliphatic heterocycles. The molecule has 0 radical (unpaired) electrons. The average Bonchev–Trinajstić information content (AvgIpc) is 3.31. The van der Waals surface area contributed by atoms with E-state index < -0.39 is 5.97 Å². The average molecular weight is 326 g/mol. The number of aryl methyl sites for hydroxylation is 1. The summed E-state index contributed by atoms with van der Waals surface area (Å²) in [5.74, 6) is 0.00543. The summed E-state index contributed by atoms with van der Waals surface area (Å²) in [6.07, 6.45) is 3.95. The highest BCUT2D eigenvalue weighted by atomic mass is 16.5. The second-order valence-corrected chi connectivity index (χ2v) is 6.23. The molecule has 24 heavy (non-hydrogen) atoms. The van der Waals surface area contributed by atoms with Crippen LogP contribution in [0.4, 0.5) is 0 Å². The zero-order valence-corrected chi connectivity index (χ0v) is 13.7. The van der Waals surface area contributed by atoms with Crippen LogP contribution in [0.3, 0.4) is 0 Å². The summed E-state index contributed by atoms with van der Waals surface area (Å²) >= 11 is 0. The molecule has 1 aromatic carbocycles. The van der Waals surface area contributed by atoms with Crippen molar-refractivity contribution in [3.63, 3.8) is 0 Å². The van der Waals surface area contributed by atoms with Crippen molar-refractivity contribution < 1.29 is 9.53 Å². The van der Waals surface area contributed by atoms with Gasteiger partial charge in [-0.2, -0.15) is 0 Å². The smallest absolute Gasteiger partial charge is 0.343 e. The Bertz CT molecular complexity index is 1010. The molecule has 0 atom stereocenters. The maximum absolute atomic E-state index is 12.8. The second kappa shape index (κ2) is 5.43. The van der Waals surface area contributed by atoms with Gasteiger partial charge in [-0.1, -0.05) is 5.21 Å². The Kier molecular flexibility index (Phi) is 3.37. The molecule has 0 unspecified atom stereocenters. The summed E-state index contributed by atoms with van der Waals surface area (Å²) in [6.45, 7) is 2.73. The van der Waals surface area contributed by atoms with E-state index in [-0.39, 0.29) is 17.6 Å². The van der Waals surface area contributed by atoms with Gasteiger partial charge in [-0.25, -0.2) is 9.48 Å². The number of aromatic nitrogens is 4. The van der Waals surface area contributed by atoms with Gasteiger partial charge in [0.1, 0.15) is 11.1 Å². The van der Waals surface area contributed by atoms with E-state index in [1.165, 1.54) is 12.8 Å². The number of rotatable bonds is 4. The third kappa shape index (κ3) is 2.28. The first-order valence-electron chi connectivity index (χ1n) is 8.12.